The van der Waals surface area contributed by atoms with E-state index in [4.69, 9.17) is 10.5 Å². The number of likely N-dealkylation sites (tertiary alicyclic amines) is 1. The third kappa shape index (κ3) is 3.91. The molecule has 1 saturated heterocycles. The number of aliphatic hydroxyl groups excluding tert-OH is 1. The largest absolute Gasteiger partial charge is 0.389 e. The first-order valence-electron chi connectivity index (χ1n) is 8.56. The van der Waals surface area contributed by atoms with Crippen LogP contribution in [0.2, 0.25) is 0 Å². The second kappa shape index (κ2) is 7.43. The molecule has 3 unspecified atom stereocenters. The summed E-state index contributed by atoms with van der Waals surface area (Å²) in [6.07, 6.45) is 4.44. The molecule has 1 aliphatic carbocycles. The van der Waals surface area contributed by atoms with Gasteiger partial charge in [0, 0.05) is 6.54 Å². The summed E-state index contributed by atoms with van der Waals surface area (Å²) < 4.78 is 5.98. The SMILES string of the molecule is NC(=O)C1CCCN1CC(O)COC1CCCc2ccccc21. The van der Waals surface area contributed by atoms with E-state index in [2.05, 4.69) is 18.2 Å². The number of benzene rings is 1. The Kier molecular flexibility index (Phi) is 5.30. The van der Waals surface area contributed by atoms with Crippen LogP contribution in [-0.2, 0) is 16.0 Å². The molecule has 0 aromatic heterocycles. The van der Waals surface area contributed by atoms with Crippen LogP contribution in [0.5, 0.6) is 0 Å². The van der Waals surface area contributed by atoms with Crippen LogP contribution in [0.25, 0.3) is 0 Å². The summed E-state index contributed by atoms with van der Waals surface area (Å²) in [4.78, 5) is 13.4. The Labute approximate surface area is 137 Å². The van der Waals surface area contributed by atoms with Gasteiger partial charge in [0.25, 0.3) is 0 Å². The first-order valence-corrected chi connectivity index (χ1v) is 8.56. The lowest BCUT2D eigenvalue weighted by Crippen LogP contribution is -2.44. The van der Waals surface area contributed by atoms with Crippen LogP contribution >= 0.6 is 0 Å². The van der Waals surface area contributed by atoms with Gasteiger partial charge >= 0.3 is 0 Å². The minimum Gasteiger partial charge on any atom is -0.389 e. The first-order chi connectivity index (χ1) is 11.1. The maximum Gasteiger partial charge on any atom is 0.234 e. The number of ether oxygens (including phenoxy) is 1. The topological polar surface area (TPSA) is 75.8 Å². The molecule has 23 heavy (non-hydrogen) atoms. The zero-order valence-electron chi connectivity index (χ0n) is 13.5. The van der Waals surface area contributed by atoms with Gasteiger partial charge in [-0.2, -0.15) is 0 Å². The maximum absolute atomic E-state index is 11.4. The average Bonchev–Trinajstić information content (AvgIpc) is 3.01. The fourth-order valence-electron chi connectivity index (χ4n) is 3.80. The molecule has 1 aliphatic heterocycles. The van der Waals surface area contributed by atoms with Crippen molar-refractivity contribution in [2.75, 3.05) is 19.7 Å². The molecular formula is C18H26N2O3. The molecule has 5 nitrogen and oxygen atoms in total. The fourth-order valence-corrected chi connectivity index (χ4v) is 3.80. The van der Waals surface area contributed by atoms with Gasteiger partial charge < -0.3 is 15.6 Å². The number of nitrogens with zero attached hydrogens (tertiary/aromatic N) is 1. The van der Waals surface area contributed by atoms with Gasteiger partial charge in [-0.15, -0.1) is 0 Å². The van der Waals surface area contributed by atoms with Gasteiger partial charge in [0.2, 0.25) is 5.91 Å². The molecule has 1 aromatic carbocycles. The van der Waals surface area contributed by atoms with E-state index in [1.54, 1.807) is 0 Å². The normalized spacial score (nSPS) is 26.0. The van der Waals surface area contributed by atoms with Crippen LogP contribution in [0.15, 0.2) is 24.3 Å². The second-order valence-electron chi connectivity index (χ2n) is 6.62. The van der Waals surface area contributed by atoms with Gasteiger partial charge in [-0.3, -0.25) is 9.69 Å². The Morgan fingerprint density at radius 2 is 2.17 bits per heavy atom. The third-order valence-electron chi connectivity index (χ3n) is 4.94. The summed E-state index contributed by atoms with van der Waals surface area (Å²) in [5.41, 5.74) is 8.02. The molecule has 1 aromatic rings. The van der Waals surface area contributed by atoms with Crippen molar-refractivity contribution in [1.82, 2.24) is 4.90 Å². The van der Waals surface area contributed by atoms with Crippen LogP contribution in [0.3, 0.4) is 0 Å². The summed E-state index contributed by atoms with van der Waals surface area (Å²) in [7, 11) is 0. The molecule has 3 N–H and O–H groups in total. The molecule has 0 saturated carbocycles. The highest BCUT2D eigenvalue weighted by Gasteiger charge is 2.30. The highest BCUT2D eigenvalue weighted by molar-refractivity contribution is 5.80. The molecule has 1 heterocycles. The van der Waals surface area contributed by atoms with Crippen molar-refractivity contribution >= 4 is 5.91 Å². The number of hydrogen-bond donors (Lipinski definition) is 2. The number of amides is 1. The van der Waals surface area contributed by atoms with Gasteiger partial charge in [-0.1, -0.05) is 24.3 Å². The van der Waals surface area contributed by atoms with E-state index in [1.165, 1.54) is 11.1 Å². The Morgan fingerprint density at radius 1 is 1.35 bits per heavy atom. The second-order valence-corrected chi connectivity index (χ2v) is 6.62. The number of rotatable bonds is 6. The number of primary amides is 1. The number of aliphatic hydroxyl groups is 1. The smallest absolute Gasteiger partial charge is 0.234 e. The Bertz CT molecular complexity index is 549. The molecule has 0 radical (unpaired) electrons. The van der Waals surface area contributed by atoms with Gasteiger partial charge in [-0.05, 0) is 49.8 Å². The van der Waals surface area contributed by atoms with Crippen molar-refractivity contribution in [3.63, 3.8) is 0 Å². The minimum atomic E-state index is -0.593. The standard InChI is InChI=1S/C18H26N2O3/c19-18(22)16-8-4-10-20(16)11-14(21)12-23-17-9-3-6-13-5-1-2-7-15(13)17/h1-2,5,7,14,16-17,21H,3-4,6,8-12H2,(H2,19,22). The first kappa shape index (κ1) is 16.4. The van der Waals surface area contributed by atoms with Crippen LogP contribution in [0.1, 0.15) is 42.9 Å². The zero-order valence-corrected chi connectivity index (χ0v) is 13.5. The minimum absolute atomic E-state index is 0.0696. The number of β-amino-alcohol motifs (C(OH)–C–C–N with tert-alkyl or cyclic N) is 1. The lowest BCUT2D eigenvalue weighted by atomic mass is 9.89. The highest BCUT2D eigenvalue weighted by Crippen LogP contribution is 2.32. The van der Waals surface area contributed by atoms with E-state index in [1.807, 2.05) is 11.0 Å². The van der Waals surface area contributed by atoms with Gasteiger partial charge in [0.15, 0.2) is 0 Å². The molecule has 3 atom stereocenters. The average molecular weight is 318 g/mol. The van der Waals surface area contributed by atoms with Crippen molar-refractivity contribution < 1.29 is 14.6 Å². The van der Waals surface area contributed by atoms with Crippen molar-refractivity contribution in [3.05, 3.63) is 35.4 Å². The fraction of sp³-hybridized carbons (Fsp3) is 0.611. The van der Waals surface area contributed by atoms with E-state index >= 15 is 0 Å². The summed E-state index contributed by atoms with van der Waals surface area (Å²) in [6, 6.07) is 8.14. The van der Waals surface area contributed by atoms with Crippen LogP contribution in [0.4, 0.5) is 0 Å². The zero-order chi connectivity index (χ0) is 16.2. The molecular weight excluding hydrogens is 292 g/mol. The summed E-state index contributed by atoms with van der Waals surface area (Å²) in [5, 5.41) is 10.3. The van der Waals surface area contributed by atoms with Crippen LogP contribution in [-0.4, -0.2) is 47.8 Å². The quantitative estimate of drug-likeness (QED) is 0.831. The Balaban J connectivity index is 1.52. The van der Waals surface area contributed by atoms with Crippen molar-refractivity contribution in [2.24, 2.45) is 5.73 Å². The van der Waals surface area contributed by atoms with Gasteiger partial charge in [-0.25, -0.2) is 0 Å². The Hall–Kier alpha value is -1.43. The molecule has 5 heteroatoms. The molecule has 1 fully saturated rings. The molecule has 0 bridgehead atoms. The lowest BCUT2D eigenvalue weighted by molar-refractivity contribution is -0.123. The maximum atomic E-state index is 11.4. The van der Waals surface area contributed by atoms with Crippen molar-refractivity contribution in [2.45, 2.75) is 50.4 Å². The molecule has 3 rings (SSSR count). The van der Waals surface area contributed by atoms with Crippen molar-refractivity contribution in [3.8, 4) is 0 Å². The molecule has 2 aliphatic rings. The van der Waals surface area contributed by atoms with Crippen LogP contribution in [0, 0.1) is 0 Å². The lowest BCUT2D eigenvalue weighted by Gasteiger charge is -2.28. The van der Waals surface area contributed by atoms with E-state index in [0.717, 1.165) is 38.6 Å². The number of fused-ring (bicyclic) bond motifs is 1. The van der Waals surface area contributed by atoms with Gasteiger partial charge in [0.1, 0.15) is 0 Å². The number of aryl methyl sites for hydroxylation is 1. The summed E-state index contributed by atoms with van der Waals surface area (Å²) >= 11 is 0. The van der Waals surface area contributed by atoms with Crippen molar-refractivity contribution in [1.29, 1.82) is 0 Å². The van der Waals surface area contributed by atoms with E-state index in [0.29, 0.717) is 13.2 Å². The van der Waals surface area contributed by atoms with E-state index < -0.39 is 6.10 Å². The van der Waals surface area contributed by atoms with E-state index in [9.17, 15) is 9.90 Å². The third-order valence-corrected chi connectivity index (χ3v) is 4.94. The number of carbonyl (C=O) groups is 1. The summed E-state index contributed by atoms with van der Waals surface area (Å²) in [5.74, 6) is -0.295. The van der Waals surface area contributed by atoms with E-state index in [-0.39, 0.29) is 18.1 Å². The Morgan fingerprint density at radius 3 is 3.00 bits per heavy atom. The van der Waals surface area contributed by atoms with Crippen LogP contribution < -0.4 is 5.73 Å². The highest BCUT2D eigenvalue weighted by atomic mass is 16.5. The number of nitrogens with two attached hydrogens (primary N) is 1. The monoisotopic (exact) mass is 318 g/mol. The molecule has 0 spiro atoms. The van der Waals surface area contributed by atoms with Gasteiger partial charge in [0.05, 0.1) is 24.9 Å². The predicted molar refractivity (Wildman–Crippen MR) is 87.9 cm³/mol. The number of carbonyl (C=O) groups excluding carboxylic acids is 1. The predicted octanol–water partition coefficient (Wildman–Crippen LogP) is 1.39. The molecule has 1 amide bonds. The summed E-state index contributed by atoms with van der Waals surface area (Å²) in [6.45, 7) is 1.56. The molecule has 126 valence electrons. The number of hydrogen-bond acceptors (Lipinski definition) is 4.